The predicted octanol–water partition coefficient (Wildman–Crippen LogP) is 2.06. The average molecular weight is 332 g/mol. The summed E-state index contributed by atoms with van der Waals surface area (Å²) < 4.78 is 0. The SMILES string of the molecule is CN1CCN(CCCN2CCC[C@H]2c2nc3c([nH]2)CCCC3)CC1. The molecule has 1 aliphatic carbocycles. The lowest BCUT2D eigenvalue weighted by atomic mass is 10.0. The van der Waals surface area contributed by atoms with E-state index in [4.69, 9.17) is 4.98 Å². The lowest BCUT2D eigenvalue weighted by Gasteiger charge is -2.33. The minimum Gasteiger partial charge on any atom is -0.344 e. The van der Waals surface area contributed by atoms with Crippen molar-refractivity contribution in [3.63, 3.8) is 0 Å². The monoisotopic (exact) mass is 331 g/mol. The van der Waals surface area contributed by atoms with Crippen LogP contribution < -0.4 is 0 Å². The smallest absolute Gasteiger partial charge is 0.124 e. The molecule has 3 aliphatic rings. The number of fused-ring (bicyclic) bond motifs is 1. The molecule has 5 nitrogen and oxygen atoms in total. The third-order valence-corrected chi connectivity index (χ3v) is 6.17. The summed E-state index contributed by atoms with van der Waals surface area (Å²) in [7, 11) is 2.23. The standard InChI is InChI=1S/C19H33N5/c1-22-12-14-23(15-13-22)9-5-11-24-10-4-8-18(24)19-20-16-6-2-3-7-17(16)21-19/h18H,2-15H2,1H3,(H,20,21)/t18-/m0/s1. The minimum atomic E-state index is 0.545. The van der Waals surface area contributed by atoms with Crippen molar-refractivity contribution in [2.45, 2.75) is 51.0 Å². The molecule has 1 aromatic rings. The first-order valence-corrected chi connectivity index (χ1v) is 10.0. The van der Waals surface area contributed by atoms with E-state index >= 15 is 0 Å². The van der Waals surface area contributed by atoms with Gasteiger partial charge in [-0.25, -0.2) is 4.98 Å². The quantitative estimate of drug-likeness (QED) is 0.896. The van der Waals surface area contributed by atoms with E-state index in [1.807, 2.05) is 0 Å². The number of nitrogens with zero attached hydrogens (tertiary/aromatic N) is 4. The third-order valence-electron chi connectivity index (χ3n) is 6.17. The van der Waals surface area contributed by atoms with Gasteiger partial charge in [0.15, 0.2) is 0 Å². The second-order valence-electron chi connectivity index (χ2n) is 7.95. The Morgan fingerprint density at radius 3 is 2.67 bits per heavy atom. The van der Waals surface area contributed by atoms with E-state index in [2.05, 4.69) is 26.7 Å². The highest BCUT2D eigenvalue weighted by molar-refractivity contribution is 5.19. The number of piperazine rings is 1. The maximum atomic E-state index is 4.98. The van der Waals surface area contributed by atoms with Crippen LogP contribution in [0.5, 0.6) is 0 Å². The van der Waals surface area contributed by atoms with Crippen LogP contribution in [0, 0.1) is 0 Å². The van der Waals surface area contributed by atoms with Crippen LogP contribution >= 0.6 is 0 Å². The molecule has 0 bridgehead atoms. The van der Waals surface area contributed by atoms with Gasteiger partial charge in [0.25, 0.3) is 0 Å². The zero-order valence-electron chi connectivity index (χ0n) is 15.3. The van der Waals surface area contributed by atoms with Crippen LogP contribution in [0.4, 0.5) is 0 Å². The summed E-state index contributed by atoms with van der Waals surface area (Å²) in [5.74, 6) is 1.26. The van der Waals surface area contributed by atoms with Crippen LogP contribution in [0.1, 0.15) is 55.4 Å². The summed E-state index contributed by atoms with van der Waals surface area (Å²) in [6.45, 7) is 8.66. The highest BCUT2D eigenvalue weighted by Crippen LogP contribution is 2.32. The van der Waals surface area contributed by atoms with Gasteiger partial charge in [-0.3, -0.25) is 4.90 Å². The highest BCUT2D eigenvalue weighted by Gasteiger charge is 2.29. The zero-order valence-corrected chi connectivity index (χ0v) is 15.3. The molecule has 134 valence electrons. The average Bonchev–Trinajstić information content (AvgIpc) is 3.22. The van der Waals surface area contributed by atoms with Gasteiger partial charge >= 0.3 is 0 Å². The van der Waals surface area contributed by atoms with E-state index in [9.17, 15) is 0 Å². The molecule has 1 atom stereocenters. The van der Waals surface area contributed by atoms with Gasteiger partial charge < -0.3 is 14.8 Å². The topological polar surface area (TPSA) is 38.4 Å². The van der Waals surface area contributed by atoms with Gasteiger partial charge in [-0.15, -0.1) is 0 Å². The number of likely N-dealkylation sites (tertiary alicyclic amines) is 1. The molecule has 0 saturated carbocycles. The fourth-order valence-electron chi connectivity index (χ4n) is 4.61. The van der Waals surface area contributed by atoms with E-state index in [1.54, 1.807) is 0 Å². The van der Waals surface area contributed by atoms with E-state index in [0.29, 0.717) is 6.04 Å². The summed E-state index contributed by atoms with van der Waals surface area (Å²) in [5.41, 5.74) is 2.79. The molecular weight excluding hydrogens is 298 g/mol. The summed E-state index contributed by atoms with van der Waals surface area (Å²) in [6, 6.07) is 0.545. The Labute approximate surface area is 146 Å². The molecule has 1 N–H and O–H groups in total. The van der Waals surface area contributed by atoms with Crippen LogP contribution in [-0.2, 0) is 12.8 Å². The Morgan fingerprint density at radius 1 is 1.00 bits per heavy atom. The molecule has 2 fully saturated rings. The molecule has 2 aliphatic heterocycles. The van der Waals surface area contributed by atoms with Crippen LogP contribution in [0.3, 0.4) is 0 Å². The summed E-state index contributed by atoms with van der Waals surface area (Å²) >= 11 is 0. The molecule has 2 saturated heterocycles. The fraction of sp³-hybridized carbons (Fsp3) is 0.842. The number of likely N-dealkylation sites (N-methyl/N-ethyl adjacent to an activating group) is 1. The molecule has 1 aromatic heterocycles. The van der Waals surface area contributed by atoms with Crippen molar-refractivity contribution in [1.82, 2.24) is 24.7 Å². The number of H-pyrrole nitrogens is 1. The molecule has 0 spiro atoms. The number of imidazole rings is 1. The number of nitrogens with one attached hydrogen (secondary N) is 1. The van der Waals surface area contributed by atoms with E-state index < -0.39 is 0 Å². The Balaban J connectivity index is 1.29. The predicted molar refractivity (Wildman–Crippen MR) is 97.3 cm³/mol. The molecule has 24 heavy (non-hydrogen) atoms. The van der Waals surface area contributed by atoms with Gasteiger partial charge in [0.2, 0.25) is 0 Å². The summed E-state index contributed by atoms with van der Waals surface area (Å²) in [4.78, 5) is 16.4. The van der Waals surface area contributed by atoms with Gasteiger partial charge in [-0.05, 0) is 65.1 Å². The van der Waals surface area contributed by atoms with Crippen molar-refractivity contribution in [1.29, 1.82) is 0 Å². The Hall–Kier alpha value is -0.910. The molecule has 3 heterocycles. The molecule has 0 radical (unpaired) electrons. The molecule has 0 unspecified atom stereocenters. The summed E-state index contributed by atoms with van der Waals surface area (Å²) in [6.07, 6.45) is 8.93. The first-order chi connectivity index (χ1) is 11.8. The lowest BCUT2D eigenvalue weighted by Crippen LogP contribution is -2.45. The van der Waals surface area contributed by atoms with Gasteiger partial charge in [0, 0.05) is 38.4 Å². The number of rotatable bonds is 5. The second kappa shape index (κ2) is 7.54. The molecular formula is C19H33N5. The molecule has 0 aromatic carbocycles. The van der Waals surface area contributed by atoms with Crippen LogP contribution in [0.15, 0.2) is 0 Å². The number of hydrogen-bond donors (Lipinski definition) is 1. The summed E-state index contributed by atoms with van der Waals surface area (Å²) in [5, 5.41) is 0. The van der Waals surface area contributed by atoms with Crippen molar-refractivity contribution in [2.24, 2.45) is 0 Å². The number of hydrogen-bond acceptors (Lipinski definition) is 4. The van der Waals surface area contributed by atoms with E-state index in [-0.39, 0.29) is 0 Å². The van der Waals surface area contributed by atoms with Crippen molar-refractivity contribution in [2.75, 3.05) is 52.9 Å². The van der Waals surface area contributed by atoms with Crippen molar-refractivity contribution in [3.05, 3.63) is 17.2 Å². The van der Waals surface area contributed by atoms with E-state index in [0.717, 1.165) is 0 Å². The number of aromatic nitrogens is 2. The van der Waals surface area contributed by atoms with Crippen molar-refractivity contribution >= 4 is 0 Å². The van der Waals surface area contributed by atoms with Crippen LogP contribution in [-0.4, -0.2) is 77.5 Å². The maximum Gasteiger partial charge on any atom is 0.124 e. The van der Waals surface area contributed by atoms with Crippen LogP contribution in [0.25, 0.3) is 0 Å². The normalized spacial score (nSPS) is 26.8. The number of aryl methyl sites for hydroxylation is 2. The molecule has 4 rings (SSSR count). The first kappa shape index (κ1) is 16.6. The lowest BCUT2D eigenvalue weighted by molar-refractivity contribution is 0.144. The largest absolute Gasteiger partial charge is 0.344 e. The van der Waals surface area contributed by atoms with Gasteiger partial charge in [-0.1, -0.05) is 0 Å². The third kappa shape index (κ3) is 3.68. The number of aromatic amines is 1. The van der Waals surface area contributed by atoms with Gasteiger partial charge in [0.1, 0.15) is 5.82 Å². The highest BCUT2D eigenvalue weighted by atomic mass is 15.3. The molecule has 5 heteroatoms. The van der Waals surface area contributed by atoms with E-state index in [1.165, 1.54) is 108 Å². The molecule has 0 amide bonds. The Kier molecular flexibility index (Phi) is 5.20. The maximum absolute atomic E-state index is 4.98. The first-order valence-electron chi connectivity index (χ1n) is 10.0. The second-order valence-corrected chi connectivity index (χ2v) is 7.95. The Bertz CT molecular complexity index is 508. The van der Waals surface area contributed by atoms with Crippen molar-refractivity contribution < 1.29 is 0 Å². The fourth-order valence-corrected chi connectivity index (χ4v) is 4.61. The Morgan fingerprint density at radius 2 is 1.83 bits per heavy atom. The van der Waals surface area contributed by atoms with Crippen LogP contribution in [0.2, 0.25) is 0 Å². The zero-order chi connectivity index (χ0) is 16.4. The van der Waals surface area contributed by atoms with Gasteiger partial charge in [0.05, 0.1) is 11.7 Å². The van der Waals surface area contributed by atoms with Gasteiger partial charge in [-0.2, -0.15) is 0 Å². The van der Waals surface area contributed by atoms with Crippen molar-refractivity contribution in [3.8, 4) is 0 Å². The minimum absolute atomic E-state index is 0.545.